The van der Waals surface area contributed by atoms with Crippen LogP contribution in [0.15, 0.2) is 12.1 Å². The van der Waals surface area contributed by atoms with Gasteiger partial charge in [0.2, 0.25) is 0 Å². The van der Waals surface area contributed by atoms with Crippen molar-refractivity contribution >= 4 is 0 Å². The molecule has 2 nitrogen and oxygen atoms in total. The average Bonchev–Trinajstić information content (AvgIpc) is 2.39. The number of likely N-dealkylation sites (tertiary alicyclic amines) is 1. The Kier molecular flexibility index (Phi) is 4.47. The van der Waals surface area contributed by atoms with Crippen molar-refractivity contribution in [3.63, 3.8) is 0 Å². The number of benzene rings is 1. The van der Waals surface area contributed by atoms with Crippen molar-refractivity contribution in [2.75, 3.05) is 19.6 Å². The summed E-state index contributed by atoms with van der Waals surface area (Å²) >= 11 is 0. The molecule has 1 fully saturated rings. The van der Waals surface area contributed by atoms with E-state index in [4.69, 9.17) is 5.73 Å². The molecule has 0 radical (unpaired) electrons. The number of rotatable bonds is 3. The van der Waals surface area contributed by atoms with Crippen molar-refractivity contribution in [2.45, 2.75) is 25.8 Å². The van der Waals surface area contributed by atoms with E-state index in [0.29, 0.717) is 11.5 Å². The van der Waals surface area contributed by atoms with Gasteiger partial charge in [0.05, 0.1) is 0 Å². The molecule has 0 bridgehead atoms. The molecule has 1 aliphatic rings. The van der Waals surface area contributed by atoms with Crippen molar-refractivity contribution in [1.82, 2.24) is 4.90 Å². The predicted molar refractivity (Wildman–Crippen MR) is 68.1 cm³/mol. The number of halogens is 3. The fraction of sp³-hybridized carbons (Fsp3) is 0.571. The molecule has 1 heterocycles. The summed E-state index contributed by atoms with van der Waals surface area (Å²) in [6.45, 7) is 4.15. The molecule has 1 unspecified atom stereocenters. The second kappa shape index (κ2) is 5.92. The second-order valence-electron chi connectivity index (χ2n) is 5.27. The maximum Gasteiger partial charge on any atom is 0.194 e. The molecule has 1 aromatic rings. The molecule has 1 aromatic carbocycles. The van der Waals surface area contributed by atoms with Gasteiger partial charge in [-0.15, -0.1) is 0 Å². The van der Waals surface area contributed by atoms with E-state index in [1.54, 1.807) is 0 Å². The summed E-state index contributed by atoms with van der Waals surface area (Å²) in [4.78, 5) is 2.12. The highest BCUT2D eigenvalue weighted by Gasteiger charge is 2.25. The monoisotopic (exact) mass is 272 g/mol. The van der Waals surface area contributed by atoms with Crippen LogP contribution in [0.5, 0.6) is 0 Å². The van der Waals surface area contributed by atoms with Crippen molar-refractivity contribution in [1.29, 1.82) is 0 Å². The number of hydrogen-bond acceptors (Lipinski definition) is 2. The van der Waals surface area contributed by atoms with Crippen LogP contribution in [0.2, 0.25) is 0 Å². The Hall–Kier alpha value is -1.07. The quantitative estimate of drug-likeness (QED) is 0.857. The van der Waals surface area contributed by atoms with Crippen molar-refractivity contribution in [3.8, 4) is 0 Å². The first kappa shape index (κ1) is 14.3. The van der Waals surface area contributed by atoms with Crippen LogP contribution in [0.1, 0.15) is 31.4 Å². The topological polar surface area (TPSA) is 29.3 Å². The summed E-state index contributed by atoms with van der Waals surface area (Å²) in [5, 5.41) is 0. The Balaban J connectivity index is 2.22. The lowest BCUT2D eigenvalue weighted by Gasteiger charge is -2.36. The maximum atomic E-state index is 13.3. The van der Waals surface area contributed by atoms with E-state index < -0.39 is 17.5 Å². The molecule has 0 aliphatic carbocycles. The molecule has 0 amide bonds. The summed E-state index contributed by atoms with van der Waals surface area (Å²) in [6.07, 6.45) is 2.09. The van der Waals surface area contributed by atoms with Crippen LogP contribution in [0.4, 0.5) is 13.2 Å². The first-order chi connectivity index (χ1) is 9.02. The zero-order chi connectivity index (χ0) is 14.0. The van der Waals surface area contributed by atoms with Gasteiger partial charge < -0.3 is 5.73 Å². The Bertz CT molecular complexity index is 419. The summed E-state index contributed by atoms with van der Waals surface area (Å²) in [5.41, 5.74) is 6.14. The third-order valence-electron chi connectivity index (χ3n) is 3.87. The molecule has 1 saturated heterocycles. The van der Waals surface area contributed by atoms with Crippen LogP contribution >= 0.6 is 0 Å². The molecule has 0 aromatic heterocycles. The van der Waals surface area contributed by atoms with E-state index in [2.05, 4.69) is 11.8 Å². The zero-order valence-corrected chi connectivity index (χ0v) is 11.0. The van der Waals surface area contributed by atoms with Crippen molar-refractivity contribution in [2.24, 2.45) is 11.7 Å². The van der Waals surface area contributed by atoms with Gasteiger partial charge in [-0.1, -0.05) is 6.92 Å². The number of nitrogens with two attached hydrogens (primary N) is 1. The van der Waals surface area contributed by atoms with E-state index in [1.165, 1.54) is 0 Å². The fourth-order valence-electron chi connectivity index (χ4n) is 2.60. The first-order valence-electron chi connectivity index (χ1n) is 6.61. The highest BCUT2D eigenvalue weighted by atomic mass is 19.2. The lowest BCUT2D eigenvalue weighted by molar-refractivity contribution is 0.140. The van der Waals surface area contributed by atoms with Gasteiger partial charge in [-0.05, 0) is 49.5 Å². The van der Waals surface area contributed by atoms with E-state index >= 15 is 0 Å². The van der Waals surface area contributed by atoms with E-state index in [0.717, 1.165) is 38.1 Å². The second-order valence-corrected chi connectivity index (χ2v) is 5.27. The molecule has 0 spiro atoms. The van der Waals surface area contributed by atoms with Gasteiger partial charge in [0.25, 0.3) is 0 Å². The van der Waals surface area contributed by atoms with Crippen LogP contribution in [0.25, 0.3) is 0 Å². The lowest BCUT2D eigenvalue weighted by Crippen LogP contribution is -2.39. The van der Waals surface area contributed by atoms with Gasteiger partial charge in [-0.25, -0.2) is 13.2 Å². The van der Waals surface area contributed by atoms with Crippen molar-refractivity contribution < 1.29 is 13.2 Å². The minimum atomic E-state index is -1.42. The normalized spacial score (nSPS) is 19.6. The fourth-order valence-corrected chi connectivity index (χ4v) is 2.60. The van der Waals surface area contributed by atoms with Gasteiger partial charge in [-0.3, -0.25) is 4.90 Å². The summed E-state index contributed by atoms with van der Waals surface area (Å²) in [5.74, 6) is -3.07. The number of nitrogens with zero attached hydrogens (tertiary/aromatic N) is 1. The largest absolute Gasteiger partial charge is 0.329 e. The summed E-state index contributed by atoms with van der Waals surface area (Å²) in [7, 11) is 0. The molecule has 1 atom stereocenters. The van der Waals surface area contributed by atoms with Gasteiger partial charge in [0.1, 0.15) is 0 Å². The van der Waals surface area contributed by atoms with Gasteiger partial charge in [-0.2, -0.15) is 0 Å². The highest BCUT2D eigenvalue weighted by molar-refractivity contribution is 5.23. The molecule has 0 saturated carbocycles. The maximum absolute atomic E-state index is 13.3. The molecule has 2 rings (SSSR count). The Morgan fingerprint density at radius 1 is 1.21 bits per heavy atom. The van der Waals surface area contributed by atoms with Gasteiger partial charge in [0.15, 0.2) is 17.5 Å². The minimum Gasteiger partial charge on any atom is -0.329 e. The van der Waals surface area contributed by atoms with Crippen LogP contribution in [-0.2, 0) is 0 Å². The SMILES string of the molecule is CC1CCN(C(CN)c2cc(F)c(F)c(F)c2)CC1. The molecule has 5 heteroatoms. The molecule has 1 aliphatic heterocycles. The van der Waals surface area contributed by atoms with Gasteiger partial charge >= 0.3 is 0 Å². The zero-order valence-electron chi connectivity index (χ0n) is 11.0. The third kappa shape index (κ3) is 3.09. The average molecular weight is 272 g/mol. The smallest absolute Gasteiger partial charge is 0.194 e. The molecular formula is C14H19F3N2. The molecule has 19 heavy (non-hydrogen) atoms. The standard InChI is InChI=1S/C14H19F3N2/c1-9-2-4-19(5-3-9)13(8-18)10-6-11(15)14(17)12(16)7-10/h6-7,9,13H,2-5,8,18H2,1H3. The number of piperidine rings is 1. The van der Waals surface area contributed by atoms with Gasteiger partial charge in [0, 0.05) is 12.6 Å². The summed E-state index contributed by atoms with van der Waals surface area (Å²) < 4.78 is 39.6. The molecular weight excluding hydrogens is 253 g/mol. The minimum absolute atomic E-state index is 0.253. The Labute approximate surface area is 111 Å². The Morgan fingerprint density at radius 2 is 1.74 bits per heavy atom. The highest BCUT2D eigenvalue weighted by Crippen LogP contribution is 2.27. The first-order valence-corrected chi connectivity index (χ1v) is 6.61. The van der Waals surface area contributed by atoms with E-state index in [-0.39, 0.29) is 12.6 Å². The van der Waals surface area contributed by atoms with Crippen LogP contribution < -0.4 is 5.73 Å². The van der Waals surface area contributed by atoms with Crippen LogP contribution in [0.3, 0.4) is 0 Å². The van der Waals surface area contributed by atoms with Crippen LogP contribution in [0, 0.1) is 23.4 Å². The predicted octanol–water partition coefficient (Wildman–Crippen LogP) is 2.84. The van der Waals surface area contributed by atoms with E-state index in [1.807, 2.05) is 0 Å². The molecule has 106 valence electrons. The molecule has 2 N–H and O–H groups in total. The van der Waals surface area contributed by atoms with Crippen LogP contribution in [-0.4, -0.2) is 24.5 Å². The third-order valence-corrected chi connectivity index (χ3v) is 3.87. The van der Waals surface area contributed by atoms with E-state index in [9.17, 15) is 13.2 Å². The summed E-state index contributed by atoms with van der Waals surface area (Å²) in [6, 6.07) is 1.85. The lowest BCUT2D eigenvalue weighted by atomic mass is 9.95. The van der Waals surface area contributed by atoms with Crippen molar-refractivity contribution in [3.05, 3.63) is 35.1 Å². The Morgan fingerprint density at radius 3 is 2.21 bits per heavy atom. The number of hydrogen-bond donors (Lipinski definition) is 1.